The first-order valence-corrected chi connectivity index (χ1v) is 9.85. The minimum atomic E-state index is -0.560. The van der Waals surface area contributed by atoms with E-state index in [-0.39, 0.29) is 17.7 Å². The van der Waals surface area contributed by atoms with Crippen molar-refractivity contribution < 1.29 is 14.3 Å². The lowest BCUT2D eigenvalue weighted by Gasteiger charge is -2.46. The van der Waals surface area contributed by atoms with Crippen molar-refractivity contribution in [2.45, 2.75) is 57.8 Å². The van der Waals surface area contributed by atoms with Gasteiger partial charge in [0.1, 0.15) is 11.4 Å². The van der Waals surface area contributed by atoms with E-state index < -0.39 is 11.7 Å². The fraction of sp³-hybridized carbons (Fsp3) is 0.737. The van der Waals surface area contributed by atoms with Gasteiger partial charge in [0.05, 0.1) is 6.54 Å². The average molecular weight is 360 g/mol. The lowest BCUT2D eigenvalue weighted by molar-refractivity contribution is -0.182. The van der Waals surface area contributed by atoms with Gasteiger partial charge in [-0.2, -0.15) is 0 Å². The van der Waals surface area contributed by atoms with Crippen LogP contribution in [0.3, 0.4) is 0 Å². The molecule has 1 atom stereocenters. The first-order valence-electron chi connectivity index (χ1n) is 9.85. The molecule has 1 aromatic heterocycles. The van der Waals surface area contributed by atoms with Crippen LogP contribution in [0.2, 0.25) is 0 Å². The normalized spacial score (nSPS) is 24.4. The Labute approximate surface area is 154 Å². The number of carbonyl (C=O) groups excluding carboxylic acids is 2. The molecule has 1 aromatic rings. The highest BCUT2D eigenvalue weighted by molar-refractivity contribution is 5.81. The van der Waals surface area contributed by atoms with Crippen LogP contribution < -0.4 is 0 Å². The van der Waals surface area contributed by atoms with Gasteiger partial charge in [0.2, 0.25) is 5.91 Å². The van der Waals surface area contributed by atoms with Crippen molar-refractivity contribution in [1.82, 2.24) is 19.4 Å². The van der Waals surface area contributed by atoms with Gasteiger partial charge in [-0.1, -0.05) is 0 Å². The monoisotopic (exact) mass is 360 g/mol. The number of carbonyl (C=O) groups is 2. The van der Waals surface area contributed by atoms with Crippen LogP contribution >= 0.6 is 0 Å². The molecule has 2 fully saturated rings. The molecule has 1 unspecified atom stereocenters. The number of ether oxygens (including phenoxy) is 1. The SMILES string of the molecule is CCN(CC)C(=O)C1Cn2ccnc2C2(CCN(C(=O)C3CC3)CC2)O1. The second-order valence-corrected chi connectivity index (χ2v) is 7.61. The molecule has 1 spiro atoms. The van der Waals surface area contributed by atoms with Crippen LogP contribution in [0.4, 0.5) is 0 Å². The molecule has 4 rings (SSSR count). The van der Waals surface area contributed by atoms with Gasteiger partial charge in [-0.3, -0.25) is 9.59 Å². The molecular weight excluding hydrogens is 332 g/mol. The van der Waals surface area contributed by atoms with Crippen molar-refractivity contribution in [2.75, 3.05) is 26.2 Å². The molecular formula is C19H28N4O3. The highest BCUT2D eigenvalue weighted by Crippen LogP contribution is 2.41. The maximum Gasteiger partial charge on any atom is 0.253 e. The maximum atomic E-state index is 12.9. The topological polar surface area (TPSA) is 67.7 Å². The molecule has 0 bridgehead atoms. The highest BCUT2D eigenvalue weighted by atomic mass is 16.5. The number of nitrogens with zero attached hydrogens (tertiary/aromatic N) is 4. The van der Waals surface area contributed by atoms with Crippen molar-refractivity contribution >= 4 is 11.8 Å². The summed E-state index contributed by atoms with van der Waals surface area (Å²) in [5, 5.41) is 0. The van der Waals surface area contributed by atoms with E-state index in [0.717, 1.165) is 18.7 Å². The highest BCUT2D eigenvalue weighted by Gasteiger charge is 2.49. The molecule has 2 amide bonds. The first-order chi connectivity index (χ1) is 12.6. The number of likely N-dealkylation sites (tertiary alicyclic amines) is 1. The van der Waals surface area contributed by atoms with Crippen LogP contribution in [-0.4, -0.2) is 63.4 Å². The minimum Gasteiger partial charge on any atom is -0.352 e. The van der Waals surface area contributed by atoms with Crippen LogP contribution in [0.1, 0.15) is 45.4 Å². The minimum absolute atomic E-state index is 0.0465. The third-order valence-electron chi connectivity index (χ3n) is 6.01. The van der Waals surface area contributed by atoms with Crippen LogP contribution in [0.15, 0.2) is 12.4 Å². The van der Waals surface area contributed by atoms with Crippen molar-refractivity contribution in [3.8, 4) is 0 Å². The molecule has 1 aliphatic carbocycles. The molecule has 7 heteroatoms. The number of piperidine rings is 1. The summed E-state index contributed by atoms with van der Waals surface area (Å²) in [5.41, 5.74) is -0.560. The summed E-state index contributed by atoms with van der Waals surface area (Å²) in [6, 6.07) is 0. The van der Waals surface area contributed by atoms with Gasteiger partial charge in [-0.25, -0.2) is 4.98 Å². The molecule has 3 heterocycles. The number of likely N-dealkylation sites (N-methyl/N-ethyl adjacent to an activating group) is 1. The Kier molecular flexibility index (Phi) is 4.50. The summed E-state index contributed by atoms with van der Waals surface area (Å²) in [6.07, 6.45) is 6.69. The van der Waals surface area contributed by atoms with Gasteiger partial charge in [0.15, 0.2) is 6.10 Å². The van der Waals surface area contributed by atoms with Crippen LogP contribution in [0, 0.1) is 5.92 Å². The zero-order chi connectivity index (χ0) is 18.3. The number of imidazole rings is 1. The van der Waals surface area contributed by atoms with E-state index in [0.29, 0.717) is 45.6 Å². The zero-order valence-corrected chi connectivity index (χ0v) is 15.7. The first kappa shape index (κ1) is 17.5. The molecule has 0 aromatic carbocycles. The van der Waals surface area contributed by atoms with E-state index in [1.165, 1.54) is 0 Å². The Balaban J connectivity index is 1.54. The Morgan fingerprint density at radius 1 is 1.27 bits per heavy atom. The van der Waals surface area contributed by atoms with E-state index in [4.69, 9.17) is 4.74 Å². The Morgan fingerprint density at radius 2 is 1.96 bits per heavy atom. The van der Waals surface area contributed by atoms with Crippen LogP contribution in [0.5, 0.6) is 0 Å². The molecule has 1 saturated carbocycles. The quantitative estimate of drug-likeness (QED) is 0.813. The van der Waals surface area contributed by atoms with E-state index in [9.17, 15) is 9.59 Å². The van der Waals surface area contributed by atoms with E-state index in [1.807, 2.05) is 29.8 Å². The number of rotatable bonds is 4. The molecule has 3 aliphatic rings. The van der Waals surface area contributed by atoms with Crippen molar-refractivity contribution in [3.05, 3.63) is 18.2 Å². The van der Waals surface area contributed by atoms with E-state index in [1.54, 1.807) is 6.20 Å². The summed E-state index contributed by atoms with van der Waals surface area (Å²) in [4.78, 5) is 33.6. The number of hydrogen-bond acceptors (Lipinski definition) is 4. The predicted octanol–water partition coefficient (Wildman–Crippen LogP) is 1.38. The smallest absolute Gasteiger partial charge is 0.253 e. The van der Waals surface area contributed by atoms with Crippen molar-refractivity contribution in [2.24, 2.45) is 5.92 Å². The zero-order valence-electron chi connectivity index (χ0n) is 15.7. The predicted molar refractivity (Wildman–Crippen MR) is 95.2 cm³/mol. The van der Waals surface area contributed by atoms with Gasteiger partial charge < -0.3 is 19.1 Å². The van der Waals surface area contributed by atoms with E-state index >= 15 is 0 Å². The summed E-state index contributed by atoms with van der Waals surface area (Å²) in [6.45, 7) is 7.21. The fourth-order valence-corrected chi connectivity index (χ4v) is 4.28. The van der Waals surface area contributed by atoms with Crippen LogP contribution in [0.25, 0.3) is 0 Å². The van der Waals surface area contributed by atoms with Gasteiger partial charge in [-0.05, 0) is 26.7 Å². The van der Waals surface area contributed by atoms with Gasteiger partial charge in [-0.15, -0.1) is 0 Å². The van der Waals surface area contributed by atoms with Gasteiger partial charge in [0.25, 0.3) is 5.91 Å². The van der Waals surface area contributed by atoms with Gasteiger partial charge >= 0.3 is 0 Å². The standard InChI is InChI=1S/C19H28N4O3/c1-3-21(4-2)17(25)15-13-23-12-9-20-18(23)19(26-15)7-10-22(11-8-19)16(24)14-5-6-14/h9,12,14-15H,3-8,10-11,13H2,1-2H3. The maximum absolute atomic E-state index is 12.9. The number of amides is 2. The molecule has 1 saturated heterocycles. The third-order valence-corrected chi connectivity index (χ3v) is 6.01. The molecule has 142 valence electrons. The Morgan fingerprint density at radius 3 is 2.58 bits per heavy atom. The molecule has 2 aliphatic heterocycles. The lowest BCUT2D eigenvalue weighted by atomic mass is 9.88. The Bertz CT molecular complexity index is 685. The summed E-state index contributed by atoms with van der Waals surface area (Å²) in [5.74, 6) is 1.48. The largest absolute Gasteiger partial charge is 0.352 e. The average Bonchev–Trinajstić information content (AvgIpc) is 3.40. The van der Waals surface area contributed by atoms with Gasteiger partial charge in [0, 0.05) is 57.3 Å². The van der Waals surface area contributed by atoms with Crippen molar-refractivity contribution in [3.63, 3.8) is 0 Å². The lowest BCUT2D eigenvalue weighted by Crippen LogP contribution is -2.55. The fourth-order valence-electron chi connectivity index (χ4n) is 4.28. The van der Waals surface area contributed by atoms with Crippen molar-refractivity contribution in [1.29, 1.82) is 0 Å². The molecule has 0 radical (unpaired) electrons. The third kappa shape index (κ3) is 2.92. The molecule has 0 N–H and O–H groups in total. The number of aromatic nitrogens is 2. The summed E-state index contributed by atoms with van der Waals surface area (Å²) < 4.78 is 8.50. The molecule has 7 nitrogen and oxygen atoms in total. The Hall–Kier alpha value is -1.89. The summed E-state index contributed by atoms with van der Waals surface area (Å²) in [7, 11) is 0. The number of hydrogen-bond donors (Lipinski definition) is 0. The van der Waals surface area contributed by atoms with E-state index in [2.05, 4.69) is 9.55 Å². The molecule has 26 heavy (non-hydrogen) atoms. The second-order valence-electron chi connectivity index (χ2n) is 7.61. The summed E-state index contributed by atoms with van der Waals surface area (Å²) >= 11 is 0. The number of fused-ring (bicyclic) bond motifs is 2. The van der Waals surface area contributed by atoms with Crippen LogP contribution in [-0.2, 0) is 26.5 Å². The second kappa shape index (κ2) is 6.68.